The van der Waals surface area contributed by atoms with Gasteiger partial charge in [-0.25, -0.2) is 0 Å². The van der Waals surface area contributed by atoms with Crippen molar-refractivity contribution in [1.29, 1.82) is 0 Å². The summed E-state index contributed by atoms with van der Waals surface area (Å²) in [6.45, 7) is 1.03. The summed E-state index contributed by atoms with van der Waals surface area (Å²) in [5.74, 6) is 0.152. The molecule has 1 aliphatic rings. The number of piperidine rings is 1. The second kappa shape index (κ2) is 9.54. The van der Waals surface area contributed by atoms with Crippen molar-refractivity contribution in [2.75, 3.05) is 19.7 Å². The standard InChI is InChI=1S/C20H20Cl2N2O3S/c21-13-5-6-17(16(22)11-13)27-12-19(25)23-14-7-9-24(10-8-14)20(26)15-3-1-2-4-18(15)28/h1-6,11,14,28H,7-10,12H2,(H,23,25). The van der Waals surface area contributed by atoms with Crippen LogP contribution >= 0.6 is 35.8 Å². The van der Waals surface area contributed by atoms with E-state index in [1.807, 2.05) is 12.1 Å². The molecular weight excluding hydrogens is 419 g/mol. The molecule has 2 amide bonds. The number of amides is 2. The van der Waals surface area contributed by atoms with E-state index in [1.54, 1.807) is 35.2 Å². The molecule has 0 aliphatic carbocycles. The number of nitrogens with one attached hydrogen (secondary N) is 1. The van der Waals surface area contributed by atoms with Crippen LogP contribution < -0.4 is 10.1 Å². The summed E-state index contributed by atoms with van der Waals surface area (Å²) in [5, 5.41) is 3.81. The Morgan fingerprint density at radius 1 is 1.14 bits per heavy atom. The van der Waals surface area contributed by atoms with Crippen LogP contribution in [0.15, 0.2) is 47.4 Å². The number of carbonyl (C=O) groups is 2. The molecule has 0 saturated carbocycles. The zero-order valence-electron chi connectivity index (χ0n) is 15.0. The molecule has 2 aromatic rings. The van der Waals surface area contributed by atoms with E-state index < -0.39 is 0 Å². The Morgan fingerprint density at radius 2 is 1.86 bits per heavy atom. The molecule has 1 fully saturated rings. The molecule has 8 heteroatoms. The summed E-state index contributed by atoms with van der Waals surface area (Å²) < 4.78 is 5.45. The highest BCUT2D eigenvalue weighted by Crippen LogP contribution is 2.27. The summed E-state index contributed by atoms with van der Waals surface area (Å²) in [6.07, 6.45) is 1.38. The molecule has 0 bridgehead atoms. The second-order valence-corrected chi connectivity index (χ2v) is 7.84. The van der Waals surface area contributed by atoms with Crippen LogP contribution in [-0.4, -0.2) is 42.5 Å². The predicted molar refractivity (Wildman–Crippen MR) is 113 cm³/mol. The highest BCUT2D eigenvalue weighted by Gasteiger charge is 2.25. The summed E-state index contributed by atoms with van der Waals surface area (Å²) >= 11 is 16.2. The molecule has 148 valence electrons. The minimum atomic E-state index is -0.225. The lowest BCUT2D eigenvalue weighted by atomic mass is 10.0. The van der Waals surface area contributed by atoms with Gasteiger partial charge in [-0.15, -0.1) is 12.6 Å². The molecular formula is C20H20Cl2N2O3S. The quantitative estimate of drug-likeness (QED) is 0.691. The SMILES string of the molecule is O=C(COc1ccc(Cl)cc1Cl)NC1CCN(C(=O)c2ccccc2S)CC1. The Kier molecular flexibility index (Phi) is 7.10. The van der Waals surface area contributed by atoms with Crippen LogP contribution in [0.4, 0.5) is 0 Å². The van der Waals surface area contributed by atoms with Crippen LogP contribution in [0.25, 0.3) is 0 Å². The van der Waals surface area contributed by atoms with Crippen LogP contribution in [0.3, 0.4) is 0 Å². The Hall–Kier alpha value is -1.89. The van der Waals surface area contributed by atoms with Gasteiger partial charge in [0.05, 0.1) is 10.6 Å². The van der Waals surface area contributed by atoms with Gasteiger partial charge in [0.1, 0.15) is 5.75 Å². The van der Waals surface area contributed by atoms with Gasteiger partial charge in [-0.3, -0.25) is 9.59 Å². The maximum absolute atomic E-state index is 12.6. The number of halogens is 2. The van der Waals surface area contributed by atoms with Gasteiger partial charge in [-0.1, -0.05) is 35.3 Å². The Morgan fingerprint density at radius 3 is 2.54 bits per heavy atom. The normalized spacial score (nSPS) is 14.6. The van der Waals surface area contributed by atoms with Crippen LogP contribution in [-0.2, 0) is 4.79 Å². The van der Waals surface area contributed by atoms with Gasteiger partial charge < -0.3 is 15.0 Å². The third-order valence-corrected chi connectivity index (χ3v) is 5.45. The number of hydrogen-bond acceptors (Lipinski definition) is 4. The fraction of sp³-hybridized carbons (Fsp3) is 0.300. The number of benzene rings is 2. The highest BCUT2D eigenvalue weighted by molar-refractivity contribution is 7.80. The number of likely N-dealkylation sites (tertiary alicyclic amines) is 1. The maximum atomic E-state index is 12.6. The van der Waals surface area contributed by atoms with Crippen LogP contribution in [0.5, 0.6) is 5.75 Å². The largest absolute Gasteiger partial charge is 0.482 e. The van der Waals surface area contributed by atoms with Crippen LogP contribution in [0.1, 0.15) is 23.2 Å². The topological polar surface area (TPSA) is 58.6 Å². The van der Waals surface area contributed by atoms with Crippen molar-refractivity contribution in [3.63, 3.8) is 0 Å². The van der Waals surface area contributed by atoms with Crippen molar-refractivity contribution in [3.8, 4) is 5.75 Å². The van der Waals surface area contributed by atoms with Gasteiger partial charge in [0.15, 0.2) is 6.61 Å². The molecule has 5 nitrogen and oxygen atoms in total. The van der Waals surface area contributed by atoms with E-state index in [0.717, 1.165) is 0 Å². The Balaban J connectivity index is 1.45. The van der Waals surface area contributed by atoms with Crippen molar-refractivity contribution in [1.82, 2.24) is 10.2 Å². The molecule has 28 heavy (non-hydrogen) atoms. The number of hydrogen-bond donors (Lipinski definition) is 2. The van der Waals surface area contributed by atoms with Gasteiger partial charge in [0.2, 0.25) is 0 Å². The molecule has 1 N–H and O–H groups in total. The number of thiol groups is 1. The number of ether oxygens (including phenoxy) is 1. The van der Waals surface area contributed by atoms with Gasteiger partial charge in [0, 0.05) is 29.0 Å². The lowest BCUT2D eigenvalue weighted by Crippen LogP contribution is -2.47. The van der Waals surface area contributed by atoms with E-state index in [4.69, 9.17) is 27.9 Å². The first kappa shape index (κ1) is 20.8. The second-order valence-electron chi connectivity index (χ2n) is 6.51. The van der Waals surface area contributed by atoms with Crippen molar-refractivity contribution in [2.24, 2.45) is 0 Å². The summed E-state index contributed by atoms with van der Waals surface area (Å²) in [4.78, 5) is 27.2. The first-order valence-corrected chi connectivity index (χ1v) is 10.1. The minimum absolute atomic E-state index is 0.00656. The van der Waals surface area contributed by atoms with Crippen LogP contribution in [0.2, 0.25) is 10.0 Å². The molecule has 0 atom stereocenters. The zero-order chi connectivity index (χ0) is 20.1. The molecule has 1 heterocycles. The molecule has 3 rings (SSSR count). The lowest BCUT2D eigenvalue weighted by Gasteiger charge is -2.32. The first-order chi connectivity index (χ1) is 13.4. The molecule has 1 aliphatic heterocycles. The van der Waals surface area contributed by atoms with Gasteiger partial charge in [-0.2, -0.15) is 0 Å². The summed E-state index contributed by atoms with van der Waals surface area (Å²) in [5.41, 5.74) is 0.599. The average molecular weight is 439 g/mol. The Labute approximate surface area is 179 Å². The molecule has 0 aromatic heterocycles. The minimum Gasteiger partial charge on any atom is -0.482 e. The molecule has 1 saturated heterocycles. The van der Waals surface area contributed by atoms with E-state index >= 15 is 0 Å². The van der Waals surface area contributed by atoms with Crippen molar-refractivity contribution >= 4 is 47.6 Å². The van der Waals surface area contributed by atoms with E-state index in [1.165, 1.54) is 0 Å². The van der Waals surface area contributed by atoms with Crippen molar-refractivity contribution < 1.29 is 14.3 Å². The molecule has 2 aromatic carbocycles. The monoisotopic (exact) mass is 438 g/mol. The summed E-state index contributed by atoms with van der Waals surface area (Å²) in [6, 6.07) is 12.1. The van der Waals surface area contributed by atoms with E-state index in [2.05, 4.69) is 17.9 Å². The highest BCUT2D eigenvalue weighted by atomic mass is 35.5. The van der Waals surface area contributed by atoms with E-state index in [9.17, 15) is 9.59 Å². The number of carbonyl (C=O) groups excluding carboxylic acids is 2. The third-order valence-electron chi connectivity index (χ3n) is 4.53. The summed E-state index contributed by atoms with van der Waals surface area (Å²) in [7, 11) is 0. The maximum Gasteiger partial charge on any atom is 0.258 e. The molecule has 0 unspecified atom stereocenters. The zero-order valence-corrected chi connectivity index (χ0v) is 17.4. The average Bonchev–Trinajstić information content (AvgIpc) is 2.68. The smallest absolute Gasteiger partial charge is 0.258 e. The number of nitrogens with zero attached hydrogens (tertiary/aromatic N) is 1. The van der Waals surface area contributed by atoms with Crippen LogP contribution in [0, 0.1) is 0 Å². The van der Waals surface area contributed by atoms with Gasteiger partial charge >= 0.3 is 0 Å². The number of rotatable bonds is 5. The first-order valence-electron chi connectivity index (χ1n) is 8.88. The van der Waals surface area contributed by atoms with Gasteiger partial charge in [-0.05, 0) is 43.2 Å². The molecule has 0 radical (unpaired) electrons. The third kappa shape index (κ3) is 5.34. The van der Waals surface area contributed by atoms with Gasteiger partial charge in [0.25, 0.3) is 11.8 Å². The predicted octanol–water partition coefficient (Wildman–Crippen LogP) is 4.08. The molecule has 0 spiro atoms. The van der Waals surface area contributed by atoms with Crippen molar-refractivity contribution in [2.45, 2.75) is 23.8 Å². The van der Waals surface area contributed by atoms with E-state index in [0.29, 0.717) is 52.2 Å². The fourth-order valence-corrected chi connectivity index (χ4v) is 3.78. The lowest BCUT2D eigenvalue weighted by molar-refractivity contribution is -0.124. The Bertz CT molecular complexity index is 870. The fourth-order valence-electron chi connectivity index (χ4n) is 3.06. The van der Waals surface area contributed by atoms with E-state index in [-0.39, 0.29) is 24.5 Å². The van der Waals surface area contributed by atoms with Crippen molar-refractivity contribution in [3.05, 3.63) is 58.1 Å².